The first-order valence-corrected chi connectivity index (χ1v) is 8.43. The number of carbonyl (C=O) groups is 2. The zero-order valence-electron chi connectivity index (χ0n) is 14.1. The van der Waals surface area contributed by atoms with Crippen molar-refractivity contribution in [3.05, 3.63) is 59.7 Å². The van der Waals surface area contributed by atoms with Crippen LogP contribution in [0.3, 0.4) is 0 Å². The van der Waals surface area contributed by atoms with Gasteiger partial charge < -0.3 is 9.84 Å². The highest BCUT2D eigenvalue weighted by Crippen LogP contribution is 2.44. The van der Waals surface area contributed by atoms with Crippen molar-refractivity contribution < 1.29 is 19.4 Å². The molecule has 2 aromatic rings. The van der Waals surface area contributed by atoms with Crippen LogP contribution in [0.25, 0.3) is 11.1 Å². The van der Waals surface area contributed by atoms with Crippen molar-refractivity contribution in [1.82, 2.24) is 4.90 Å². The quantitative estimate of drug-likeness (QED) is 0.871. The van der Waals surface area contributed by atoms with Crippen molar-refractivity contribution in [3.8, 4) is 11.1 Å². The van der Waals surface area contributed by atoms with Gasteiger partial charge in [-0.25, -0.2) is 4.79 Å². The fourth-order valence-corrected chi connectivity index (χ4v) is 3.35. The number of fused-ring (bicyclic) bond motifs is 3. The van der Waals surface area contributed by atoms with Crippen LogP contribution in [-0.4, -0.2) is 41.8 Å². The van der Waals surface area contributed by atoms with E-state index in [4.69, 9.17) is 9.84 Å². The molecule has 0 spiro atoms. The average Bonchev–Trinajstić information content (AvgIpc) is 2.93. The molecule has 0 unspecified atom stereocenters. The van der Waals surface area contributed by atoms with Crippen LogP contribution in [0.2, 0.25) is 0 Å². The monoisotopic (exact) mass is 339 g/mol. The van der Waals surface area contributed by atoms with Gasteiger partial charge in [0, 0.05) is 12.5 Å². The van der Waals surface area contributed by atoms with Gasteiger partial charge in [0.1, 0.15) is 13.2 Å². The molecular formula is C20H21NO4. The molecule has 5 heteroatoms. The molecule has 1 aliphatic rings. The smallest absolute Gasteiger partial charge is 0.410 e. The van der Waals surface area contributed by atoms with Crippen LogP contribution in [0.15, 0.2) is 48.5 Å². The largest absolute Gasteiger partial charge is 0.480 e. The van der Waals surface area contributed by atoms with E-state index >= 15 is 0 Å². The van der Waals surface area contributed by atoms with Crippen molar-refractivity contribution in [2.45, 2.75) is 19.3 Å². The first-order valence-electron chi connectivity index (χ1n) is 8.43. The highest BCUT2D eigenvalue weighted by atomic mass is 16.6. The summed E-state index contributed by atoms with van der Waals surface area (Å²) in [4.78, 5) is 24.4. The van der Waals surface area contributed by atoms with Crippen LogP contribution in [-0.2, 0) is 9.53 Å². The fraction of sp³-hybridized carbons (Fsp3) is 0.300. The van der Waals surface area contributed by atoms with Gasteiger partial charge in [-0.2, -0.15) is 0 Å². The number of amides is 1. The lowest BCUT2D eigenvalue weighted by Crippen LogP contribution is -2.37. The number of hydrogen-bond acceptors (Lipinski definition) is 3. The topological polar surface area (TPSA) is 66.8 Å². The number of carboxylic acids is 1. The van der Waals surface area contributed by atoms with E-state index in [1.807, 2.05) is 31.2 Å². The zero-order chi connectivity index (χ0) is 17.8. The van der Waals surface area contributed by atoms with E-state index in [9.17, 15) is 9.59 Å². The zero-order valence-corrected chi connectivity index (χ0v) is 14.1. The van der Waals surface area contributed by atoms with Gasteiger partial charge in [-0.3, -0.25) is 9.69 Å². The van der Waals surface area contributed by atoms with Crippen molar-refractivity contribution in [1.29, 1.82) is 0 Å². The minimum atomic E-state index is -1.04. The third-order valence-electron chi connectivity index (χ3n) is 4.41. The van der Waals surface area contributed by atoms with E-state index in [2.05, 4.69) is 24.3 Å². The van der Waals surface area contributed by atoms with Crippen molar-refractivity contribution in [3.63, 3.8) is 0 Å². The molecule has 130 valence electrons. The molecule has 5 nitrogen and oxygen atoms in total. The third-order valence-corrected chi connectivity index (χ3v) is 4.41. The molecule has 0 aromatic heterocycles. The Morgan fingerprint density at radius 2 is 1.60 bits per heavy atom. The summed E-state index contributed by atoms with van der Waals surface area (Å²) in [7, 11) is 0. The summed E-state index contributed by atoms with van der Waals surface area (Å²) in [5.41, 5.74) is 4.60. The van der Waals surface area contributed by atoms with Gasteiger partial charge in [0.2, 0.25) is 0 Å². The van der Waals surface area contributed by atoms with Crippen molar-refractivity contribution in [2.75, 3.05) is 19.7 Å². The molecule has 0 radical (unpaired) electrons. The highest BCUT2D eigenvalue weighted by molar-refractivity contribution is 5.79. The summed E-state index contributed by atoms with van der Waals surface area (Å²) < 4.78 is 5.48. The summed E-state index contributed by atoms with van der Waals surface area (Å²) >= 11 is 0. The molecule has 1 N–H and O–H groups in total. The Morgan fingerprint density at radius 1 is 1.04 bits per heavy atom. The van der Waals surface area contributed by atoms with E-state index < -0.39 is 12.1 Å². The highest BCUT2D eigenvalue weighted by Gasteiger charge is 2.29. The van der Waals surface area contributed by atoms with Crippen LogP contribution < -0.4 is 0 Å². The maximum absolute atomic E-state index is 12.3. The lowest BCUT2D eigenvalue weighted by molar-refractivity contribution is -0.138. The van der Waals surface area contributed by atoms with Gasteiger partial charge in [0.15, 0.2) is 0 Å². The van der Waals surface area contributed by atoms with Gasteiger partial charge in [0.05, 0.1) is 0 Å². The Bertz CT molecular complexity index is 741. The van der Waals surface area contributed by atoms with Crippen molar-refractivity contribution in [2.24, 2.45) is 0 Å². The number of hydrogen-bond donors (Lipinski definition) is 1. The Morgan fingerprint density at radius 3 is 2.12 bits per heavy atom. The second-order valence-corrected chi connectivity index (χ2v) is 6.12. The first-order chi connectivity index (χ1) is 12.1. The van der Waals surface area contributed by atoms with E-state index in [1.54, 1.807) is 0 Å². The number of aliphatic carboxylic acids is 1. The molecule has 0 fully saturated rings. The predicted molar refractivity (Wildman–Crippen MR) is 94.6 cm³/mol. The first kappa shape index (κ1) is 17.0. The van der Waals surface area contributed by atoms with Crippen LogP contribution in [0.4, 0.5) is 4.79 Å². The number of carbonyl (C=O) groups excluding carboxylic acids is 1. The van der Waals surface area contributed by atoms with Crippen LogP contribution in [0, 0.1) is 0 Å². The Hall–Kier alpha value is -2.82. The SMILES string of the molecule is CCCN(CC(=O)O)C(=O)OCC1c2ccccc2-c2ccccc21. The second-order valence-electron chi connectivity index (χ2n) is 6.12. The van der Waals surface area contributed by atoms with Gasteiger partial charge in [-0.1, -0.05) is 55.5 Å². The molecular weight excluding hydrogens is 318 g/mol. The van der Waals surface area contributed by atoms with E-state index in [-0.39, 0.29) is 19.1 Å². The van der Waals surface area contributed by atoms with Crippen LogP contribution in [0.5, 0.6) is 0 Å². The van der Waals surface area contributed by atoms with Gasteiger partial charge in [0.25, 0.3) is 0 Å². The standard InChI is InChI=1S/C20H21NO4/c1-2-11-21(12-19(22)23)20(24)25-13-18-16-9-5-3-7-14(16)15-8-4-6-10-17(15)18/h3-10,18H,2,11-13H2,1H3,(H,22,23). The maximum atomic E-state index is 12.3. The van der Waals surface area contributed by atoms with E-state index in [0.717, 1.165) is 22.3 Å². The molecule has 0 heterocycles. The van der Waals surface area contributed by atoms with E-state index in [1.165, 1.54) is 4.90 Å². The average molecular weight is 339 g/mol. The van der Waals surface area contributed by atoms with Crippen LogP contribution in [0.1, 0.15) is 30.4 Å². The molecule has 0 saturated heterocycles. The number of nitrogens with zero attached hydrogens (tertiary/aromatic N) is 1. The molecule has 2 aromatic carbocycles. The lowest BCUT2D eigenvalue weighted by atomic mass is 9.98. The second kappa shape index (κ2) is 7.38. The maximum Gasteiger partial charge on any atom is 0.410 e. The molecule has 3 rings (SSSR count). The summed E-state index contributed by atoms with van der Waals surface area (Å²) in [5, 5.41) is 8.95. The van der Waals surface area contributed by atoms with Gasteiger partial charge >= 0.3 is 12.1 Å². The normalized spacial score (nSPS) is 12.4. The number of benzene rings is 2. The molecule has 0 atom stereocenters. The molecule has 0 aliphatic heterocycles. The van der Waals surface area contributed by atoms with Gasteiger partial charge in [-0.05, 0) is 28.7 Å². The molecule has 1 aliphatic carbocycles. The Kier molecular flexibility index (Phi) is 5.03. The van der Waals surface area contributed by atoms with Crippen LogP contribution >= 0.6 is 0 Å². The predicted octanol–water partition coefficient (Wildman–Crippen LogP) is 3.73. The number of ether oxygens (including phenoxy) is 1. The number of carboxylic acid groups (broad SMARTS) is 1. The summed E-state index contributed by atoms with van der Waals surface area (Å²) in [6.07, 6.45) is 0.100. The molecule has 25 heavy (non-hydrogen) atoms. The molecule has 1 amide bonds. The Balaban J connectivity index is 1.77. The molecule has 0 saturated carbocycles. The lowest BCUT2D eigenvalue weighted by Gasteiger charge is -2.21. The molecule has 0 bridgehead atoms. The van der Waals surface area contributed by atoms with E-state index in [0.29, 0.717) is 13.0 Å². The summed E-state index contributed by atoms with van der Waals surface area (Å²) in [5.74, 6) is -1.06. The summed E-state index contributed by atoms with van der Waals surface area (Å²) in [6.45, 7) is 2.12. The summed E-state index contributed by atoms with van der Waals surface area (Å²) in [6, 6.07) is 16.2. The Labute approximate surface area is 146 Å². The minimum absolute atomic E-state index is 0.0235. The van der Waals surface area contributed by atoms with Gasteiger partial charge in [-0.15, -0.1) is 0 Å². The number of rotatable bonds is 6. The van der Waals surface area contributed by atoms with Crippen molar-refractivity contribution >= 4 is 12.1 Å². The third kappa shape index (κ3) is 3.50. The minimum Gasteiger partial charge on any atom is -0.480 e. The fourth-order valence-electron chi connectivity index (χ4n) is 3.35.